The molecule has 0 spiro atoms. The number of nitrogens with one attached hydrogen (secondary N) is 2. The molecule has 3 rings (SSSR count). The number of halogens is 1. The van der Waals surface area contributed by atoms with Gasteiger partial charge in [0.1, 0.15) is 0 Å². The SMILES string of the molecule is C[C@@H](Nc1nc(C(N)=O)n(C)n1)c1cc2cc(Cl)ccc2[nH]c1=O. The topological polar surface area (TPSA) is 119 Å². The lowest BCUT2D eigenvalue weighted by atomic mass is 10.1. The molecular weight excluding hydrogens is 332 g/mol. The van der Waals surface area contributed by atoms with Gasteiger partial charge in [-0.25, -0.2) is 4.68 Å². The number of pyridine rings is 1. The third kappa shape index (κ3) is 2.95. The molecule has 0 unspecified atom stereocenters. The van der Waals surface area contributed by atoms with Crippen molar-refractivity contribution in [2.45, 2.75) is 13.0 Å². The van der Waals surface area contributed by atoms with Crippen LogP contribution >= 0.6 is 11.6 Å². The number of rotatable bonds is 4. The number of hydrogen-bond acceptors (Lipinski definition) is 5. The number of amides is 1. The second-order valence-corrected chi connectivity index (χ2v) is 5.83. The van der Waals surface area contributed by atoms with Crippen molar-refractivity contribution in [3.63, 3.8) is 0 Å². The Balaban J connectivity index is 1.95. The van der Waals surface area contributed by atoms with Crippen molar-refractivity contribution in [1.29, 1.82) is 0 Å². The maximum atomic E-state index is 12.3. The van der Waals surface area contributed by atoms with Crippen LogP contribution < -0.4 is 16.6 Å². The van der Waals surface area contributed by atoms with Crippen LogP contribution in [0, 0.1) is 0 Å². The largest absolute Gasteiger partial charge is 0.363 e. The quantitative estimate of drug-likeness (QED) is 0.662. The zero-order valence-corrected chi connectivity index (χ0v) is 13.8. The number of nitrogens with two attached hydrogens (primary N) is 1. The Morgan fingerprint density at radius 2 is 2.17 bits per heavy atom. The van der Waals surface area contributed by atoms with Crippen LogP contribution in [0.5, 0.6) is 0 Å². The smallest absolute Gasteiger partial charge is 0.286 e. The molecule has 2 heterocycles. The van der Waals surface area contributed by atoms with Crippen molar-refractivity contribution in [3.05, 3.63) is 51.0 Å². The highest BCUT2D eigenvalue weighted by Gasteiger charge is 2.16. The number of carbonyl (C=O) groups excluding carboxylic acids is 1. The summed E-state index contributed by atoms with van der Waals surface area (Å²) in [6.45, 7) is 1.79. The van der Waals surface area contributed by atoms with Gasteiger partial charge in [-0.1, -0.05) is 11.6 Å². The molecule has 0 fully saturated rings. The average molecular weight is 347 g/mol. The summed E-state index contributed by atoms with van der Waals surface area (Å²) in [6, 6.07) is 6.61. The fourth-order valence-electron chi connectivity index (χ4n) is 2.45. The van der Waals surface area contributed by atoms with Crippen LogP contribution in [0.3, 0.4) is 0 Å². The number of primary amides is 1. The predicted molar refractivity (Wildman–Crippen MR) is 91.1 cm³/mol. The number of hydrogen-bond donors (Lipinski definition) is 3. The summed E-state index contributed by atoms with van der Waals surface area (Å²) in [7, 11) is 1.56. The van der Waals surface area contributed by atoms with Gasteiger partial charge in [0.25, 0.3) is 11.5 Å². The Bertz CT molecular complexity index is 993. The van der Waals surface area contributed by atoms with E-state index in [4.69, 9.17) is 17.3 Å². The summed E-state index contributed by atoms with van der Waals surface area (Å²) < 4.78 is 1.28. The number of benzene rings is 1. The number of carbonyl (C=O) groups is 1. The van der Waals surface area contributed by atoms with Crippen LogP contribution in [0.4, 0.5) is 5.95 Å². The highest BCUT2D eigenvalue weighted by molar-refractivity contribution is 6.31. The summed E-state index contributed by atoms with van der Waals surface area (Å²) in [5, 5.41) is 8.45. The second-order valence-electron chi connectivity index (χ2n) is 5.40. The number of nitrogens with zero attached hydrogens (tertiary/aromatic N) is 3. The van der Waals surface area contributed by atoms with Gasteiger partial charge in [-0.05, 0) is 31.2 Å². The second kappa shape index (κ2) is 5.97. The predicted octanol–water partition coefficient (Wildman–Crippen LogP) is 1.58. The number of fused-ring (bicyclic) bond motifs is 1. The number of anilines is 1. The molecule has 8 nitrogen and oxygen atoms in total. The van der Waals surface area contributed by atoms with E-state index in [1.165, 1.54) is 4.68 Å². The highest BCUT2D eigenvalue weighted by atomic mass is 35.5. The van der Waals surface area contributed by atoms with Crippen LogP contribution in [0.15, 0.2) is 29.1 Å². The molecule has 24 heavy (non-hydrogen) atoms. The van der Waals surface area contributed by atoms with Gasteiger partial charge in [0.15, 0.2) is 0 Å². The lowest BCUT2D eigenvalue weighted by Crippen LogP contribution is -2.20. The molecule has 0 radical (unpaired) electrons. The molecule has 1 amide bonds. The lowest BCUT2D eigenvalue weighted by Gasteiger charge is -2.12. The number of aromatic amines is 1. The van der Waals surface area contributed by atoms with Gasteiger partial charge in [0, 0.05) is 28.5 Å². The molecule has 1 aromatic carbocycles. The zero-order valence-electron chi connectivity index (χ0n) is 13.0. The summed E-state index contributed by atoms with van der Waals surface area (Å²) >= 11 is 6.00. The molecule has 124 valence electrons. The summed E-state index contributed by atoms with van der Waals surface area (Å²) in [5.41, 5.74) is 6.19. The Kier molecular flexibility index (Phi) is 3.98. The third-order valence-electron chi connectivity index (χ3n) is 3.63. The van der Waals surface area contributed by atoms with Crippen molar-refractivity contribution >= 4 is 34.4 Å². The van der Waals surface area contributed by atoms with Gasteiger partial charge in [0.05, 0.1) is 6.04 Å². The van der Waals surface area contributed by atoms with Crippen LogP contribution in [0.25, 0.3) is 10.9 Å². The first-order valence-corrected chi connectivity index (χ1v) is 7.53. The standard InChI is InChI=1S/C15H15ClN6O2/c1-7(18-15-20-13(12(17)23)22(2)21-15)10-6-8-5-9(16)3-4-11(8)19-14(10)24/h3-7H,1-2H3,(H2,17,23)(H,18,21)(H,19,24)/t7-/m1/s1. The van der Waals surface area contributed by atoms with E-state index in [1.807, 2.05) is 0 Å². The van der Waals surface area contributed by atoms with Gasteiger partial charge in [-0.3, -0.25) is 9.59 Å². The van der Waals surface area contributed by atoms with Gasteiger partial charge in [-0.15, -0.1) is 5.10 Å². The van der Waals surface area contributed by atoms with E-state index in [2.05, 4.69) is 20.4 Å². The van der Waals surface area contributed by atoms with Crippen molar-refractivity contribution in [2.24, 2.45) is 12.8 Å². The van der Waals surface area contributed by atoms with E-state index in [0.29, 0.717) is 16.1 Å². The first-order chi connectivity index (χ1) is 11.3. The highest BCUT2D eigenvalue weighted by Crippen LogP contribution is 2.21. The van der Waals surface area contributed by atoms with Crippen LogP contribution in [0.2, 0.25) is 5.02 Å². The molecule has 9 heteroatoms. The van der Waals surface area contributed by atoms with E-state index in [0.717, 1.165) is 5.39 Å². The van der Waals surface area contributed by atoms with Crippen LogP contribution in [-0.4, -0.2) is 25.7 Å². The van der Waals surface area contributed by atoms with Crippen molar-refractivity contribution < 1.29 is 4.79 Å². The molecule has 0 saturated carbocycles. The Hall–Kier alpha value is -2.87. The Morgan fingerprint density at radius 1 is 1.42 bits per heavy atom. The van der Waals surface area contributed by atoms with Crippen molar-refractivity contribution in [2.75, 3.05) is 5.32 Å². The van der Waals surface area contributed by atoms with E-state index >= 15 is 0 Å². The summed E-state index contributed by atoms with van der Waals surface area (Å²) in [6.07, 6.45) is 0. The van der Waals surface area contributed by atoms with Gasteiger partial charge in [0.2, 0.25) is 11.8 Å². The summed E-state index contributed by atoms with van der Waals surface area (Å²) in [4.78, 5) is 30.3. The van der Waals surface area contributed by atoms with E-state index in [1.54, 1.807) is 38.2 Å². The minimum Gasteiger partial charge on any atom is -0.363 e. The Labute approximate surface area is 141 Å². The first-order valence-electron chi connectivity index (χ1n) is 7.15. The van der Waals surface area contributed by atoms with E-state index in [-0.39, 0.29) is 23.4 Å². The first kappa shape index (κ1) is 16.0. The molecule has 2 aromatic heterocycles. The minimum absolute atomic E-state index is 0.0314. The molecular formula is C15H15ClN6O2. The minimum atomic E-state index is -0.677. The fraction of sp³-hybridized carbons (Fsp3) is 0.200. The number of H-pyrrole nitrogens is 1. The van der Waals surface area contributed by atoms with Crippen molar-refractivity contribution in [1.82, 2.24) is 19.7 Å². The van der Waals surface area contributed by atoms with Gasteiger partial charge < -0.3 is 16.0 Å². The molecule has 0 saturated heterocycles. The van der Waals surface area contributed by atoms with Crippen LogP contribution in [-0.2, 0) is 7.05 Å². The normalized spacial score (nSPS) is 12.3. The maximum Gasteiger partial charge on any atom is 0.286 e. The fourth-order valence-corrected chi connectivity index (χ4v) is 2.63. The van der Waals surface area contributed by atoms with Gasteiger partial charge >= 0.3 is 0 Å². The molecule has 0 aliphatic carbocycles. The molecule has 1 atom stereocenters. The molecule has 0 aliphatic rings. The lowest BCUT2D eigenvalue weighted by molar-refractivity contribution is 0.0986. The summed E-state index contributed by atoms with van der Waals surface area (Å²) in [5.74, 6) is -0.433. The average Bonchev–Trinajstić information content (AvgIpc) is 2.87. The molecule has 0 aliphatic heterocycles. The number of aryl methyl sites for hydroxylation is 1. The third-order valence-corrected chi connectivity index (χ3v) is 3.87. The maximum absolute atomic E-state index is 12.3. The molecule has 4 N–H and O–H groups in total. The van der Waals surface area contributed by atoms with E-state index < -0.39 is 5.91 Å². The molecule has 0 bridgehead atoms. The Morgan fingerprint density at radius 3 is 2.83 bits per heavy atom. The molecule has 3 aromatic rings. The van der Waals surface area contributed by atoms with Gasteiger partial charge in [-0.2, -0.15) is 4.98 Å². The monoisotopic (exact) mass is 346 g/mol. The zero-order chi connectivity index (χ0) is 17.4. The van der Waals surface area contributed by atoms with Crippen molar-refractivity contribution in [3.8, 4) is 0 Å². The van der Waals surface area contributed by atoms with Crippen LogP contribution in [0.1, 0.15) is 29.1 Å². The van der Waals surface area contributed by atoms with E-state index in [9.17, 15) is 9.59 Å². The number of aromatic nitrogens is 4.